The van der Waals surface area contributed by atoms with Crippen LogP contribution in [-0.4, -0.2) is 25.5 Å². The normalized spacial score (nSPS) is 14.1. The zero-order valence-corrected chi connectivity index (χ0v) is 9.76. The standard InChI is InChI=1S/C9H18NO3S/c1-9(2,3)14(13)10(12)7-5-4-6-8-11/h12H,4-7H2,1-3H3/q+1. The third-order valence-electron chi connectivity index (χ3n) is 1.59. The molecule has 0 aliphatic rings. The number of hydroxylamine groups is 1. The minimum atomic E-state index is -1.40. The van der Waals surface area contributed by atoms with Crippen LogP contribution in [0.5, 0.6) is 0 Å². The van der Waals surface area contributed by atoms with Crippen molar-refractivity contribution in [3.05, 3.63) is 0 Å². The van der Waals surface area contributed by atoms with E-state index in [2.05, 4.69) is 0 Å². The van der Waals surface area contributed by atoms with Crippen LogP contribution in [-0.2, 0) is 16.0 Å². The summed E-state index contributed by atoms with van der Waals surface area (Å²) in [4.78, 5) is 0. The summed E-state index contributed by atoms with van der Waals surface area (Å²) in [6, 6.07) is 0. The third-order valence-corrected chi connectivity index (χ3v) is 3.21. The molecule has 14 heavy (non-hydrogen) atoms. The van der Waals surface area contributed by atoms with Gasteiger partial charge in [-0.15, -0.1) is 0 Å². The van der Waals surface area contributed by atoms with Crippen LogP contribution in [0.3, 0.4) is 0 Å². The summed E-state index contributed by atoms with van der Waals surface area (Å²) in [6.07, 6.45) is 3.46. The van der Waals surface area contributed by atoms with Crippen LogP contribution >= 0.6 is 0 Å². The van der Waals surface area contributed by atoms with E-state index in [9.17, 15) is 14.4 Å². The Hall–Kier alpha value is -0.0300. The van der Waals surface area contributed by atoms with Crippen LogP contribution < -0.4 is 0 Å². The quantitative estimate of drug-likeness (QED) is 0.435. The fourth-order valence-corrected chi connectivity index (χ4v) is 1.77. The van der Waals surface area contributed by atoms with Gasteiger partial charge >= 0.3 is 87.7 Å². The summed E-state index contributed by atoms with van der Waals surface area (Å²) in [5, 5.41) is 9.39. The Kier molecular flexibility index (Phi) is 6.44. The summed E-state index contributed by atoms with van der Waals surface area (Å²) in [5.41, 5.74) is 0. The second kappa shape index (κ2) is 6.45. The zero-order chi connectivity index (χ0) is 11.2. The molecule has 0 rings (SSSR count). The number of hydrogen-bond acceptors (Lipinski definition) is 3. The van der Waals surface area contributed by atoms with E-state index in [-0.39, 0.29) is 0 Å². The van der Waals surface area contributed by atoms with E-state index in [0.717, 1.165) is 4.47 Å². The summed E-state index contributed by atoms with van der Waals surface area (Å²) in [5.74, 6) is 0. The first-order valence-electron chi connectivity index (χ1n) is 4.63. The molecule has 1 unspecified atom stereocenters. The van der Waals surface area contributed by atoms with Crippen molar-refractivity contribution >= 4 is 11.4 Å². The molecule has 0 aromatic heterocycles. The molecule has 0 aromatic rings. The van der Waals surface area contributed by atoms with Crippen molar-refractivity contribution in [3.63, 3.8) is 0 Å². The molecule has 0 aliphatic carbocycles. The van der Waals surface area contributed by atoms with Gasteiger partial charge in [-0.2, -0.15) is 0 Å². The van der Waals surface area contributed by atoms with Gasteiger partial charge in [-0.25, -0.2) is 0 Å². The van der Waals surface area contributed by atoms with Gasteiger partial charge in [0.05, 0.1) is 0 Å². The predicted molar refractivity (Wildman–Crippen MR) is 54.8 cm³/mol. The van der Waals surface area contributed by atoms with Gasteiger partial charge in [0.25, 0.3) is 0 Å². The maximum atomic E-state index is 11.5. The first-order valence-corrected chi connectivity index (χ1v) is 5.73. The van der Waals surface area contributed by atoms with Crippen LogP contribution in [0.1, 0.15) is 40.0 Å². The summed E-state index contributed by atoms with van der Waals surface area (Å²) in [6.45, 7) is 5.72. The van der Waals surface area contributed by atoms with E-state index < -0.39 is 16.1 Å². The Morgan fingerprint density at radius 3 is 2.43 bits per heavy atom. The average molecular weight is 220 g/mol. The Balaban J connectivity index is 3.74. The monoisotopic (exact) mass is 220 g/mol. The Morgan fingerprint density at radius 2 is 2.00 bits per heavy atom. The minimum absolute atomic E-state index is 0.325. The van der Waals surface area contributed by atoms with Gasteiger partial charge in [0.1, 0.15) is 0 Å². The SMILES string of the molecule is CC(C)(C)[S+]([O-])N(O)CCCCC#[O+]. The van der Waals surface area contributed by atoms with Crippen LogP contribution in [0.4, 0.5) is 0 Å². The summed E-state index contributed by atoms with van der Waals surface area (Å²) in [7, 11) is 0. The van der Waals surface area contributed by atoms with Crippen LogP contribution in [0.2, 0.25) is 0 Å². The van der Waals surface area contributed by atoms with Gasteiger partial charge in [-0.3, -0.25) is 0 Å². The van der Waals surface area contributed by atoms with Crippen molar-refractivity contribution in [1.82, 2.24) is 4.47 Å². The molecule has 5 heteroatoms. The van der Waals surface area contributed by atoms with Gasteiger partial charge in [0.2, 0.25) is 0 Å². The van der Waals surface area contributed by atoms with E-state index >= 15 is 0 Å². The second-order valence-corrected chi connectivity index (χ2v) is 6.18. The predicted octanol–water partition coefficient (Wildman–Crippen LogP) is 1.70. The van der Waals surface area contributed by atoms with Crippen molar-refractivity contribution in [3.8, 4) is 6.15 Å². The van der Waals surface area contributed by atoms with E-state index in [1.807, 2.05) is 0 Å². The summed E-state index contributed by atoms with van der Waals surface area (Å²) < 4.78 is 21.8. The van der Waals surface area contributed by atoms with E-state index in [1.165, 1.54) is 0 Å². The molecule has 0 spiro atoms. The number of nitrogens with zero attached hydrogens (tertiary/aromatic N) is 1. The molecular formula is C9H18NO3S+. The van der Waals surface area contributed by atoms with Crippen LogP contribution in [0.15, 0.2) is 0 Å². The van der Waals surface area contributed by atoms with Crippen molar-refractivity contribution in [2.75, 3.05) is 6.54 Å². The molecule has 82 valence electrons. The van der Waals surface area contributed by atoms with Gasteiger partial charge in [-0.1, -0.05) is 0 Å². The van der Waals surface area contributed by atoms with Gasteiger partial charge < -0.3 is 0 Å². The molecule has 0 radical (unpaired) electrons. The van der Waals surface area contributed by atoms with E-state index in [1.54, 1.807) is 26.9 Å². The van der Waals surface area contributed by atoms with Crippen molar-refractivity contribution in [1.29, 1.82) is 0 Å². The maximum absolute atomic E-state index is 11.5. The first kappa shape index (κ1) is 14.0. The molecule has 1 N–H and O–H groups in total. The summed E-state index contributed by atoms with van der Waals surface area (Å²) >= 11 is -1.40. The Bertz CT molecular complexity index is 197. The first-order chi connectivity index (χ1) is 6.39. The molecule has 0 heterocycles. The number of rotatable bonds is 5. The van der Waals surface area contributed by atoms with Crippen molar-refractivity contribution < 1.29 is 14.4 Å². The Labute approximate surface area is 88.3 Å². The third kappa shape index (κ3) is 5.65. The molecule has 0 aliphatic heterocycles. The molecular weight excluding hydrogens is 202 g/mol. The van der Waals surface area contributed by atoms with E-state index in [0.29, 0.717) is 25.8 Å². The van der Waals surface area contributed by atoms with Gasteiger partial charge in [0, 0.05) is 0 Å². The fourth-order valence-electron chi connectivity index (χ4n) is 0.843. The molecule has 0 aromatic carbocycles. The van der Waals surface area contributed by atoms with Crippen LogP contribution in [0, 0.1) is 6.15 Å². The van der Waals surface area contributed by atoms with Crippen molar-refractivity contribution in [2.45, 2.75) is 44.8 Å². The fraction of sp³-hybridized carbons (Fsp3) is 0.889. The Morgan fingerprint density at radius 1 is 1.43 bits per heavy atom. The van der Waals surface area contributed by atoms with Gasteiger partial charge in [0.15, 0.2) is 0 Å². The molecule has 0 amide bonds. The van der Waals surface area contributed by atoms with Crippen LogP contribution in [0.25, 0.3) is 0 Å². The molecule has 0 fully saturated rings. The number of hydrogen-bond donors (Lipinski definition) is 1. The zero-order valence-electron chi connectivity index (χ0n) is 8.95. The van der Waals surface area contributed by atoms with Crippen molar-refractivity contribution in [2.24, 2.45) is 0 Å². The van der Waals surface area contributed by atoms with E-state index in [4.69, 9.17) is 0 Å². The topological polar surface area (TPSA) is 66.4 Å². The van der Waals surface area contributed by atoms with Gasteiger partial charge in [-0.05, 0) is 0 Å². The molecule has 0 bridgehead atoms. The average Bonchev–Trinajstić information content (AvgIpc) is 2.09. The molecule has 0 saturated heterocycles. The number of unbranched alkanes of at least 4 members (excludes halogenated alkanes) is 2. The molecule has 0 saturated carbocycles. The second-order valence-electron chi connectivity index (χ2n) is 4.04. The molecule has 1 atom stereocenters. The molecule has 4 nitrogen and oxygen atoms in total.